The van der Waals surface area contributed by atoms with E-state index in [1.165, 1.54) is 12.8 Å². The van der Waals surface area contributed by atoms with Gasteiger partial charge in [-0.3, -0.25) is 0 Å². The molecule has 5 nitrogen and oxygen atoms in total. The van der Waals surface area contributed by atoms with Gasteiger partial charge < -0.3 is 9.32 Å². The molecule has 1 rings (SSSR count). The number of quaternary nitrogens is 1. The van der Waals surface area contributed by atoms with Crippen LogP contribution in [0.3, 0.4) is 0 Å². The molecule has 1 aliphatic rings. The molecule has 1 heterocycles. The predicted molar refractivity (Wildman–Crippen MR) is 66.0 cm³/mol. The minimum Gasteiger partial charge on any atom is -0.321 e. The second kappa shape index (κ2) is 5.21. The lowest BCUT2D eigenvalue weighted by Crippen LogP contribution is -2.63. The Bertz CT molecular complexity index is 281. The smallest absolute Gasteiger partial charge is 0.294 e. The van der Waals surface area contributed by atoms with Crippen LogP contribution in [0.2, 0.25) is 0 Å². The van der Waals surface area contributed by atoms with E-state index < -0.39 is 5.09 Å². The van der Waals surface area contributed by atoms with Gasteiger partial charge in [0.05, 0.1) is 25.7 Å². The molecule has 0 bridgehead atoms. The van der Waals surface area contributed by atoms with Gasteiger partial charge in [-0.2, -0.15) is 0 Å². The highest BCUT2D eigenvalue weighted by Gasteiger charge is 2.42. The number of piperidine rings is 1. The Kier molecular flexibility index (Phi) is 4.36. The number of rotatable bonds is 5. The fraction of sp³-hybridized carbons (Fsp3) is 1.00. The Morgan fingerprint density at radius 1 is 1.53 bits per heavy atom. The molecule has 0 aromatic rings. The van der Waals surface area contributed by atoms with Gasteiger partial charge in [0, 0.05) is 12.3 Å². The van der Waals surface area contributed by atoms with Crippen LogP contribution in [0, 0.1) is 16.0 Å². The molecule has 0 amide bonds. The Hall–Kier alpha value is -0.840. The van der Waals surface area contributed by atoms with Crippen LogP contribution in [-0.4, -0.2) is 41.9 Å². The molecule has 0 aromatic heterocycles. The zero-order valence-corrected chi connectivity index (χ0v) is 11.4. The lowest BCUT2D eigenvalue weighted by atomic mass is 9.88. The zero-order chi connectivity index (χ0) is 13.1. The summed E-state index contributed by atoms with van der Waals surface area (Å²) in [5.74, 6) is 0.740. The van der Waals surface area contributed by atoms with Crippen LogP contribution in [-0.2, 0) is 4.84 Å². The van der Waals surface area contributed by atoms with Crippen LogP contribution in [0.5, 0.6) is 0 Å². The lowest BCUT2D eigenvalue weighted by Gasteiger charge is -2.51. The van der Waals surface area contributed by atoms with E-state index in [0.717, 1.165) is 29.9 Å². The third kappa shape index (κ3) is 3.56. The Morgan fingerprint density at radius 2 is 2.18 bits per heavy atom. The SMILES string of the molecule is CC1CCC[N+](C)(C(C)(C)CCO[N+](=O)[O-])C1. The number of nitrogens with zero attached hydrogens (tertiary/aromatic N) is 2. The number of likely N-dealkylation sites (tertiary alicyclic amines) is 1. The molecular weight excluding hydrogens is 220 g/mol. The summed E-state index contributed by atoms with van der Waals surface area (Å²) < 4.78 is 0.995. The molecule has 0 aromatic carbocycles. The molecule has 2 unspecified atom stereocenters. The maximum absolute atomic E-state index is 10.2. The van der Waals surface area contributed by atoms with E-state index in [1.807, 2.05) is 0 Å². The van der Waals surface area contributed by atoms with Gasteiger partial charge >= 0.3 is 0 Å². The van der Waals surface area contributed by atoms with Crippen LogP contribution in [0.4, 0.5) is 0 Å². The highest BCUT2D eigenvalue weighted by atomic mass is 16.9. The van der Waals surface area contributed by atoms with Crippen LogP contribution >= 0.6 is 0 Å². The zero-order valence-electron chi connectivity index (χ0n) is 11.4. The predicted octanol–water partition coefficient (Wildman–Crippen LogP) is 2.24. The normalized spacial score (nSPS) is 30.0. The molecule has 0 N–H and O–H groups in total. The lowest BCUT2D eigenvalue weighted by molar-refractivity contribution is -0.963. The van der Waals surface area contributed by atoms with Crippen LogP contribution < -0.4 is 0 Å². The van der Waals surface area contributed by atoms with Gasteiger partial charge in [0.2, 0.25) is 0 Å². The van der Waals surface area contributed by atoms with Crippen molar-refractivity contribution in [1.29, 1.82) is 0 Å². The third-order valence-corrected chi connectivity index (χ3v) is 4.44. The largest absolute Gasteiger partial charge is 0.321 e. The summed E-state index contributed by atoms with van der Waals surface area (Å²) in [5, 5.41) is 9.47. The quantitative estimate of drug-likeness (QED) is 0.424. The summed E-state index contributed by atoms with van der Waals surface area (Å²) in [5.41, 5.74) is 0.0324. The summed E-state index contributed by atoms with van der Waals surface area (Å²) in [6, 6.07) is 0. The van der Waals surface area contributed by atoms with Crippen molar-refractivity contribution in [1.82, 2.24) is 0 Å². The summed E-state index contributed by atoms with van der Waals surface area (Å²) >= 11 is 0. The topological polar surface area (TPSA) is 52.4 Å². The molecule has 0 radical (unpaired) electrons. The second-order valence-electron chi connectivity index (χ2n) is 6.17. The monoisotopic (exact) mass is 245 g/mol. The van der Waals surface area contributed by atoms with Crippen molar-refractivity contribution < 1.29 is 14.4 Å². The summed E-state index contributed by atoms with van der Waals surface area (Å²) in [7, 11) is 2.27. The minimum atomic E-state index is -0.699. The molecule has 100 valence electrons. The van der Waals surface area contributed by atoms with Crippen LogP contribution in [0.1, 0.15) is 40.0 Å². The average molecular weight is 245 g/mol. The Morgan fingerprint density at radius 3 is 2.71 bits per heavy atom. The molecule has 0 saturated carbocycles. The van der Waals surface area contributed by atoms with Gasteiger partial charge in [-0.25, -0.2) is 0 Å². The molecule has 5 heteroatoms. The van der Waals surface area contributed by atoms with Gasteiger partial charge in [0.1, 0.15) is 6.61 Å². The standard InChI is InChI=1S/C12H25N2O3/c1-11-6-5-8-14(4,10-11)12(2,3)7-9-17-13(15)16/h11H,5-10H2,1-4H3/q+1. The maximum atomic E-state index is 10.2. The van der Waals surface area contributed by atoms with E-state index in [-0.39, 0.29) is 12.1 Å². The van der Waals surface area contributed by atoms with E-state index in [9.17, 15) is 10.1 Å². The molecular formula is C12H25N2O3+. The fourth-order valence-corrected chi connectivity index (χ4v) is 2.85. The Balaban J connectivity index is 2.57. The molecule has 1 aliphatic heterocycles. The first-order valence-electron chi connectivity index (χ1n) is 6.39. The highest BCUT2D eigenvalue weighted by molar-refractivity contribution is 4.73. The van der Waals surface area contributed by atoms with E-state index in [4.69, 9.17) is 0 Å². The van der Waals surface area contributed by atoms with E-state index in [2.05, 4.69) is 32.7 Å². The first kappa shape index (κ1) is 14.2. The molecule has 0 spiro atoms. The van der Waals surface area contributed by atoms with Crippen LogP contribution in [0.25, 0.3) is 0 Å². The van der Waals surface area contributed by atoms with Crippen molar-refractivity contribution in [2.24, 2.45) is 5.92 Å². The van der Waals surface area contributed by atoms with Crippen molar-refractivity contribution >= 4 is 0 Å². The van der Waals surface area contributed by atoms with Crippen molar-refractivity contribution in [2.75, 3.05) is 26.7 Å². The first-order chi connectivity index (χ1) is 7.77. The molecule has 17 heavy (non-hydrogen) atoms. The summed E-state index contributed by atoms with van der Waals surface area (Å²) in [4.78, 5) is 14.6. The molecule has 1 fully saturated rings. The van der Waals surface area contributed by atoms with Gasteiger partial charge in [-0.15, -0.1) is 10.1 Å². The van der Waals surface area contributed by atoms with Crippen molar-refractivity contribution in [3.63, 3.8) is 0 Å². The van der Waals surface area contributed by atoms with Crippen molar-refractivity contribution in [3.8, 4) is 0 Å². The second-order valence-corrected chi connectivity index (χ2v) is 6.17. The molecule has 1 saturated heterocycles. The van der Waals surface area contributed by atoms with Gasteiger partial charge in [-0.05, 0) is 26.7 Å². The minimum absolute atomic E-state index is 0.0324. The molecule has 0 aliphatic carbocycles. The van der Waals surface area contributed by atoms with Gasteiger partial charge in [-0.1, -0.05) is 6.92 Å². The average Bonchev–Trinajstić information content (AvgIpc) is 2.15. The number of hydrogen-bond donors (Lipinski definition) is 0. The fourth-order valence-electron chi connectivity index (χ4n) is 2.85. The van der Waals surface area contributed by atoms with Gasteiger partial charge in [0.25, 0.3) is 5.09 Å². The van der Waals surface area contributed by atoms with Crippen molar-refractivity contribution in [3.05, 3.63) is 10.1 Å². The highest BCUT2D eigenvalue weighted by Crippen LogP contribution is 2.32. The van der Waals surface area contributed by atoms with E-state index in [1.54, 1.807) is 0 Å². The number of hydrogen-bond acceptors (Lipinski definition) is 3. The first-order valence-corrected chi connectivity index (χ1v) is 6.39. The van der Waals surface area contributed by atoms with E-state index in [0.29, 0.717) is 0 Å². The van der Waals surface area contributed by atoms with Gasteiger partial charge in [0.15, 0.2) is 0 Å². The third-order valence-electron chi connectivity index (χ3n) is 4.44. The maximum Gasteiger partial charge on any atom is 0.294 e. The summed E-state index contributed by atoms with van der Waals surface area (Å²) in [6.07, 6.45) is 3.27. The van der Waals surface area contributed by atoms with E-state index >= 15 is 0 Å². The summed E-state index contributed by atoms with van der Waals surface area (Å²) in [6.45, 7) is 9.19. The van der Waals surface area contributed by atoms with Crippen LogP contribution in [0.15, 0.2) is 0 Å². The Labute approximate surface area is 103 Å². The van der Waals surface area contributed by atoms with Crippen molar-refractivity contribution in [2.45, 2.75) is 45.6 Å². The molecule has 2 atom stereocenters.